The molecule has 0 aromatic carbocycles. The molecule has 1 saturated heterocycles. The van der Waals surface area contributed by atoms with E-state index in [0.717, 1.165) is 45.4 Å². The highest BCUT2D eigenvalue weighted by Crippen LogP contribution is 2.28. The molecule has 1 heterocycles. The number of hydrogen-bond acceptors (Lipinski definition) is 3. The minimum atomic E-state index is 0.0903. The van der Waals surface area contributed by atoms with Gasteiger partial charge in [-0.2, -0.15) is 0 Å². The van der Waals surface area contributed by atoms with E-state index in [-0.39, 0.29) is 5.41 Å². The zero-order valence-corrected chi connectivity index (χ0v) is 11.0. The highest BCUT2D eigenvalue weighted by atomic mass is 16.5. The lowest BCUT2D eigenvalue weighted by Gasteiger charge is -2.39. The molecular formula is C13H27NO2. The number of rotatable bonds is 6. The fourth-order valence-corrected chi connectivity index (χ4v) is 2.53. The van der Waals surface area contributed by atoms with Crippen molar-refractivity contribution in [2.75, 3.05) is 33.4 Å². The average Bonchev–Trinajstić information content (AvgIpc) is 2.37. The predicted octanol–water partition coefficient (Wildman–Crippen LogP) is 1.90. The summed E-state index contributed by atoms with van der Waals surface area (Å²) in [6, 6.07) is 0.637. The molecular weight excluding hydrogens is 202 g/mol. The van der Waals surface area contributed by atoms with E-state index in [1.54, 1.807) is 0 Å². The van der Waals surface area contributed by atoms with Crippen LogP contribution in [0, 0.1) is 5.41 Å². The average molecular weight is 229 g/mol. The van der Waals surface area contributed by atoms with Gasteiger partial charge in [0.1, 0.15) is 0 Å². The molecule has 96 valence electrons. The summed E-state index contributed by atoms with van der Waals surface area (Å²) in [6.07, 6.45) is 4.36. The molecule has 1 N–H and O–H groups in total. The largest absolute Gasteiger partial charge is 0.396 e. The Bertz CT molecular complexity index is 178. The second-order valence-electron chi connectivity index (χ2n) is 5.12. The summed E-state index contributed by atoms with van der Waals surface area (Å²) in [5, 5.41) is 9.57. The van der Waals surface area contributed by atoms with E-state index in [1.807, 2.05) is 0 Å². The lowest BCUT2D eigenvalue weighted by Crippen LogP contribution is -2.44. The molecule has 0 atom stereocenters. The maximum atomic E-state index is 9.57. The first-order valence-electron chi connectivity index (χ1n) is 6.56. The van der Waals surface area contributed by atoms with E-state index in [2.05, 4.69) is 25.8 Å². The molecule has 0 aliphatic carbocycles. The van der Waals surface area contributed by atoms with Crippen molar-refractivity contribution in [2.24, 2.45) is 5.41 Å². The van der Waals surface area contributed by atoms with Crippen LogP contribution in [0.1, 0.15) is 39.5 Å². The van der Waals surface area contributed by atoms with Gasteiger partial charge in [-0.15, -0.1) is 0 Å². The zero-order valence-electron chi connectivity index (χ0n) is 11.0. The third-order valence-corrected chi connectivity index (χ3v) is 4.23. The van der Waals surface area contributed by atoms with Crippen molar-refractivity contribution in [3.8, 4) is 0 Å². The van der Waals surface area contributed by atoms with Crippen molar-refractivity contribution in [1.82, 2.24) is 4.90 Å². The van der Waals surface area contributed by atoms with Gasteiger partial charge in [0.25, 0.3) is 0 Å². The Morgan fingerprint density at radius 2 is 1.81 bits per heavy atom. The van der Waals surface area contributed by atoms with E-state index in [0.29, 0.717) is 12.6 Å². The maximum absolute atomic E-state index is 9.57. The van der Waals surface area contributed by atoms with Crippen LogP contribution in [0.15, 0.2) is 0 Å². The lowest BCUT2D eigenvalue weighted by molar-refractivity contribution is 0.0110. The number of nitrogens with zero attached hydrogens (tertiary/aromatic N) is 1. The van der Waals surface area contributed by atoms with Gasteiger partial charge in [-0.05, 0) is 32.7 Å². The van der Waals surface area contributed by atoms with E-state index in [4.69, 9.17) is 4.74 Å². The number of hydrogen-bond donors (Lipinski definition) is 1. The second-order valence-corrected chi connectivity index (χ2v) is 5.12. The Morgan fingerprint density at radius 3 is 2.25 bits per heavy atom. The van der Waals surface area contributed by atoms with E-state index >= 15 is 0 Å². The van der Waals surface area contributed by atoms with Gasteiger partial charge in [-0.1, -0.05) is 13.8 Å². The molecule has 1 fully saturated rings. The van der Waals surface area contributed by atoms with Gasteiger partial charge in [0.2, 0.25) is 0 Å². The van der Waals surface area contributed by atoms with Crippen LogP contribution in [0.25, 0.3) is 0 Å². The van der Waals surface area contributed by atoms with Gasteiger partial charge >= 0.3 is 0 Å². The van der Waals surface area contributed by atoms with Gasteiger partial charge < -0.3 is 14.7 Å². The van der Waals surface area contributed by atoms with Crippen LogP contribution in [-0.2, 0) is 4.74 Å². The van der Waals surface area contributed by atoms with Crippen LogP contribution < -0.4 is 0 Å². The van der Waals surface area contributed by atoms with Gasteiger partial charge in [0.05, 0.1) is 0 Å². The molecule has 3 heteroatoms. The first-order valence-corrected chi connectivity index (χ1v) is 6.56. The first-order chi connectivity index (χ1) is 7.67. The summed E-state index contributed by atoms with van der Waals surface area (Å²) < 4.78 is 5.38. The molecule has 0 amide bonds. The van der Waals surface area contributed by atoms with E-state index < -0.39 is 0 Å². The summed E-state index contributed by atoms with van der Waals surface area (Å²) in [7, 11) is 2.19. The number of aliphatic hydroxyl groups is 1. The molecule has 3 nitrogen and oxygen atoms in total. The third kappa shape index (κ3) is 3.44. The Labute approximate surface area is 99.8 Å². The van der Waals surface area contributed by atoms with Crippen LogP contribution in [0.4, 0.5) is 0 Å². The SMILES string of the molecule is CCC(CC)(CO)CN(C)C1CCOCC1. The van der Waals surface area contributed by atoms with Crippen molar-refractivity contribution >= 4 is 0 Å². The molecule has 16 heavy (non-hydrogen) atoms. The molecule has 1 aliphatic rings. The van der Waals surface area contributed by atoms with Gasteiger partial charge in [-0.25, -0.2) is 0 Å². The Hall–Kier alpha value is -0.120. The fourth-order valence-electron chi connectivity index (χ4n) is 2.53. The summed E-state index contributed by atoms with van der Waals surface area (Å²) in [6.45, 7) is 7.43. The van der Waals surface area contributed by atoms with Crippen molar-refractivity contribution in [3.05, 3.63) is 0 Å². The number of aliphatic hydroxyl groups excluding tert-OH is 1. The van der Waals surface area contributed by atoms with Crippen LogP contribution in [0.2, 0.25) is 0 Å². The smallest absolute Gasteiger partial charge is 0.0499 e. The molecule has 0 unspecified atom stereocenters. The van der Waals surface area contributed by atoms with Crippen LogP contribution in [0.5, 0.6) is 0 Å². The highest BCUT2D eigenvalue weighted by Gasteiger charge is 2.29. The molecule has 0 spiro atoms. The third-order valence-electron chi connectivity index (χ3n) is 4.23. The summed E-state index contributed by atoms with van der Waals surface area (Å²) >= 11 is 0. The molecule has 0 aromatic rings. The van der Waals surface area contributed by atoms with Crippen LogP contribution >= 0.6 is 0 Å². The van der Waals surface area contributed by atoms with Crippen LogP contribution in [0.3, 0.4) is 0 Å². The summed E-state index contributed by atoms with van der Waals surface area (Å²) in [5.41, 5.74) is 0.0903. The molecule has 0 radical (unpaired) electrons. The molecule has 0 aromatic heterocycles. The topological polar surface area (TPSA) is 32.7 Å². The van der Waals surface area contributed by atoms with Crippen molar-refractivity contribution < 1.29 is 9.84 Å². The minimum Gasteiger partial charge on any atom is -0.396 e. The molecule has 1 rings (SSSR count). The molecule has 1 aliphatic heterocycles. The van der Waals surface area contributed by atoms with Crippen LogP contribution in [-0.4, -0.2) is 49.5 Å². The second kappa shape index (κ2) is 6.58. The normalized spacial score (nSPS) is 19.3. The molecule has 0 bridgehead atoms. The quantitative estimate of drug-likeness (QED) is 0.755. The standard InChI is InChI=1S/C13H27NO2/c1-4-13(5-2,11-15)10-14(3)12-6-8-16-9-7-12/h12,15H,4-11H2,1-3H3. The Kier molecular flexibility index (Phi) is 5.73. The predicted molar refractivity (Wildman–Crippen MR) is 66.6 cm³/mol. The van der Waals surface area contributed by atoms with Crippen molar-refractivity contribution in [2.45, 2.75) is 45.6 Å². The zero-order chi connectivity index (χ0) is 12.0. The lowest BCUT2D eigenvalue weighted by atomic mass is 9.82. The Balaban J connectivity index is 2.49. The highest BCUT2D eigenvalue weighted by molar-refractivity contribution is 4.82. The fraction of sp³-hybridized carbons (Fsp3) is 1.00. The first kappa shape index (κ1) is 13.9. The number of ether oxygens (including phenoxy) is 1. The summed E-state index contributed by atoms with van der Waals surface area (Å²) in [4.78, 5) is 2.42. The van der Waals surface area contributed by atoms with E-state index in [9.17, 15) is 5.11 Å². The Morgan fingerprint density at radius 1 is 1.25 bits per heavy atom. The minimum absolute atomic E-state index is 0.0903. The molecule has 0 saturated carbocycles. The maximum Gasteiger partial charge on any atom is 0.0499 e. The van der Waals surface area contributed by atoms with Gasteiger partial charge in [0, 0.05) is 37.8 Å². The van der Waals surface area contributed by atoms with Gasteiger partial charge in [-0.3, -0.25) is 0 Å². The van der Waals surface area contributed by atoms with E-state index in [1.165, 1.54) is 0 Å². The van der Waals surface area contributed by atoms with Crippen molar-refractivity contribution in [1.29, 1.82) is 0 Å². The summed E-state index contributed by atoms with van der Waals surface area (Å²) in [5.74, 6) is 0. The van der Waals surface area contributed by atoms with Gasteiger partial charge in [0.15, 0.2) is 0 Å². The van der Waals surface area contributed by atoms with Crippen molar-refractivity contribution in [3.63, 3.8) is 0 Å². The monoisotopic (exact) mass is 229 g/mol.